The van der Waals surface area contributed by atoms with E-state index in [1.165, 1.54) is 18.3 Å². The Morgan fingerprint density at radius 1 is 1.14 bits per heavy atom. The number of nitrogens with zero attached hydrogens (tertiary/aromatic N) is 1. The molecule has 0 fully saturated rings. The van der Waals surface area contributed by atoms with E-state index in [0.717, 1.165) is 17.7 Å². The summed E-state index contributed by atoms with van der Waals surface area (Å²) in [6.45, 7) is 1.85. The van der Waals surface area contributed by atoms with Gasteiger partial charge in [-0.15, -0.1) is 0 Å². The largest absolute Gasteiger partial charge is 0.507 e. The molecule has 0 saturated carbocycles. The van der Waals surface area contributed by atoms with Gasteiger partial charge in [0, 0.05) is 11.8 Å². The fraction of sp³-hybridized carbons (Fsp3) is 0.133. The molecule has 0 bridgehead atoms. The first kappa shape index (κ1) is 15.4. The van der Waals surface area contributed by atoms with Gasteiger partial charge in [0.1, 0.15) is 5.75 Å². The Morgan fingerprint density at radius 3 is 2.48 bits per heavy atom. The van der Waals surface area contributed by atoms with Crippen LogP contribution in [0.3, 0.4) is 0 Å². The molecule has 0 radical (unpaired) electrons. The predicted octanol–water partition coefficient (Wildman–Crippen LogP) is 5.12. The quantitative estimate of drug-likeness (QED) is 0.766. The highest BCUT2D eigenvalue weighted by Crippen LogP contribution is 2.34. The molecule has 110 valence electrons. The van der Waals surface area contributed by atoms with Crippen LogP contribution in [0.25, 0.3) is 0 Å². The molecule has 21 heavy (non-hydrogen) atoms. The Labute approximate surface area is 124 Å². The summed E-state index contributed by atoms with van der Waals surface area (Å²) < 4.78 is 37.6. The first-order valence-corrected chi connectivity index (χ1v) is 6.35. The van der Waals surface area contributed by atoms with Crippen LogP contribution in [0.2, 0.25) is 5.02 Å². The summed E-state index contributed by atoms with van der Waals surface area (Å²) in [5.74, 6) is 0.0346. The molecule has 6 heteroatoms. The van der Waals surface area contributed by atoms with Gasteiger partial charge in [0.05, 0.1) is 16.3 Å². The van der Waals surface area contributed by atoms with Crippen molar-refractivity contribution in [3.63, 3.8) is 0 Å². The minimum Gasteiger partial charge on any atom is -0.507 e. The summed E-state index contributed by atoms with van der Waals surface area (Å²) in [5, 5.41) is 9.56. The Bertz CT molecular complexity index is 696. The van der Waals surface area contributed by atoms with E-state index in [-0.39, 0.29) is 16.5 Å². The molecule has 2 aromatic rings. The molecular formula is C15H11ClF3NO. The summed E-state index contributed by atoms with van der Waals surface area (Å²) in [6.07, 6.45) is -3.09. The van der Waals surface area contributed by atoms with Gasteiger partial charge in [-0.3, -0.25) is 4.99 Å². The van der Waals surface area contributed by atoms with Crippen molar-refractivity contribution in [1.29, 1.82) is 0 Å². The standard InChI is InChI=1S/C15H11ClF3NO/c1-9-2-5-14(21)10(6-9)8-20-13-4-3-11(7-12(13)16)15(17,18)19/h2-8,21H,1H3/b20-8+. The molecule has 1 N–H and O–H groups in total. The van der Waals surface area contributed by atoms with Gasteiger partial charge >= 0.3 is 6.18 Å². The van der Waals surface area contributed by atoms with Crippen molar-refractivity contribution < 1.29 is 18.3 Å². The topological polar surface area (TPSA) is 32.6 Å². The van der Waals surface area contributed by atoms with Gasteiger partial charge in [0.15, 0.2) is 0 Å². The van der Waals surface area contributed by atoms with Crippen molar-refractivity contribution >= 4 is 23.5 Å². The summed E-state index contributed by atoms with van der Waals surface area (Å²) in [7, 11) is 0. The maximum atomic E-state index is 12.5. The van der Waals surface area contributed by atoms with E-state index in [1.807, 2.05) is 6.92 Å². The van der Waals surface area contributed by atoms with Crippen molar-refractivity contribution in [3.05, 3.63) is 58.1 Å². The average molecular weight is 314 g/mol. The molecular weight excluding hydrogens is 303 g/mol. The van der Waals surface area contributed by atoms with Gasteiger partial charge in [-0.05, 0) is 37.3 Å². The second-order valence-electron chi connectivity index (χ2n) is 4.48. The van der Waals surface area contributed by atoms with E-state index in [0.29, 0.717) is 5.56 Å². The van der Waals surface area contributed by atoms with E-state index in [4.69, 9.17) is 11.6 Å². The summed E-state index contributed by atoms with van der Waals surface area (Å²) in [4.78, 5) is 4.02. The van der Waals surface area contributed by atoms with Crippen LogP contribution in [0.15, 0.2) is 41.4 Å². The lowest BCUT2D eigenvalue weighted by molar-refractivity contribution is -0.137. The van der Waals surface area contributed by atoms with Crippen LogP contribution in [0.1, 0.15) is 16.7 Å². The first-order valence-electron chi connectivity index (χ1n) is 5.98. The van der Waals surface area contributed by atoms with Crippen LogP contribution in [0, 0.1) is 6.92 Å². The molecule has 0 heterocycles. The van der Waals surface area contributed by atoms with E-state index in [9.17, 15) is 18.3 Å². The van der Waals surface area contributed by atoms with Gasteiger partial charge in [0.2, 0.25) is 0 Å². The Morgan fingerprint density at radius 2 is 1.86 bits per heavy atom. The van der Waals surface area contributed by atoms with Gasteiger partial charge in [-0.25, -0.2) is 0 Å². The fourth-order valence-electron chi connectivity index (χ4n) is 1.70. The number of alkyl halides is 3. The Balaban J connectivity index is 2.32. The molecule has 0 unspecified atom stereocenters. The van der Waals surface area contributed by atoms with Gasteiger partial charge in [0.25, 0.3) is 0 Å². The second kappa shape index (κ2) is 5.77. The zero-order valence-corrected chi connectivity index (χ0v) is 11.7. The van der Waals surface area contributed by atoms with Crippen molar-refractivity contribution in [2.75, 3.05) is 0 Å². The van der Waals surface area contributed by atoms with Crippen molar-refractivity contribution in [3.8, 4) is 5.75 Å². The van der Waals surface area contributed by atoms with Gasteiger partial charge in [-0.1, -0.05) is 23.2 Å². The maximum absolute atomic E-state index is 12.5. The number of benzene rings is 2. The molecule has 2 rings (SSSR count). The highest BCUT2D eigenvalue weighted by atomic mass is 35.5. The highest BCUT2D eigenvalue weighted by molar-refractivity contribution is 6.33. The third kappa shape index (κ3) is 3.76. The predicted molar refractivity (Wildman–Crippen MR) is 76.6 cm³/mol. The molecule has 0 saturated heterocycles. The number of rotatable bonds is 2. The van der Waals surface area contributed by atoms with E-state index in [2.05, 4.69) is 4.99 Å². The van der Waals surface area contributed by atoms with Crippen molar-refractivity contribution in [2.45, 2.75) is 13.1 Å². The summed E-state index contributed by atoms with van der Waals surface area (Å²) in [5.41, 5.74) is 0.758. The molecule has 0 aliphatic heterocycles. The van der Waals surface area contributed by atoms with Crippen LogP contribution >= 0.6 is 11.6 Å². The number of phenolic OH excluding ortho intramolecular Hbond substituents is 1. The smallest absolute Gasteiger partial charge is 0.416 e. The first-order chi connectivity index (χ1) is 9.77. The Hall–Kier alpha value is -2.01. The molecule has 0 aromatic heterocycles. The number of aromatic hydroxyl groups is 1. The van der Waals surface area contributed by atoms with Crippen LogP contribution in [-0.2, 0) is 6.18 Å². The molecule has 2 nitrogen and oxygen atoms in total. The van der Waals surface area contributed by atoms with Crippen LogP contribution in [-0.4, -0.2) is 11.3 Å². The van der Waals surface area contributed by atoms with Gasteiger partial charge in [-0.2, -0.15) is 13.2 Å². The number of aryl methyl sites for hydroxylation is 1. The fourth-order valence-corrected chi connectivity index (χ4v) is 1.93. The third-order valence-corrected chi connectivity index (χ3v) is 3.10. The van der Waals surface area contributed by atoms with E-state index in [1.54, 1.807) is 12.1 Å². The molecule has 0 aliphatic carbocycles. The highest BCUT2D eigenvalue weighted by Gasteiger charge is 2.30. The van der Waals surface area contributed by atoms with Crippen LogP contribution < -0.4 is 0 Å². The van der Waals surface area contributed by atoms with Crippen molar-refractivity contribution in [2.24, 2.45) is 4.99 Å². The Kier molecular flexibility index (Phi) is 4.23. The summed E-state index contributed by atoms with van der Waals surface area (Å²) >= 11 is 5.80. The third-order valence-electron chi connectivity index (χ3n) is 2.80. The van der Waals surface area contributed by atoms with E-state index >= 15 is 0 Å². The lowest BCUT2D eigenvalue weighted by Crippen LogP contribution is -2.04. The monoisotopic (exact) mass is 313 g/mol. The zero-order valence-electron chi connectivity index (χ0n) is 10.9. The number of aliphatic imine (C=N–C) groups is 1. The summed E-state index contributed by atoms with van der Waals surface area (Å²) in [6, 6.07) is 7.88. The number of hydrogen-bond donors (Lipinski definition) is 1. The van der Waals surface area contributed by atoms with Crippen LogP contribution in [0.4, 0.5) is 18.9 Å². The maximum Gasteiger partial charge on any atom is 0.416 e. The molecule has 0 amide bonds. The average Bonchev–Trinajstić information content (AvgIpc) is 2.40. The molecule has 2 aromatic carbocycles. The van der Waals surface area contributed by atoms with Crippen molar-refractivity contribution in [1.82, 2.24) is 0 Å². The number of hydrogen-bond acceptors (Lipinski definition) is 2. The molecule has 0 spiro atoms. The minimum atomic E-state index is -4.44. The molecule has 0 aliphatic rings. The second-order valence-corrected chi connectivity index (χ2v) is 4.89. The lowest BCUT2D eigenvalue weighted by Gasteiger charge is -2.07. The number of halogens is 4. The van der Waals surface area contributed by atoms with E-state index < -0.39 is 11.7 Å². The SMILES string of the molecule is Cc1ccc(O)c(/C=N/c2ccc(C(F)(F)F)cc2Cl)c1. The van der Waals surface area contributed by atoms with Gasteiger partial charge < -0.3 is 5.11 Å². The normalized spacial score (nSPS) is 12.0. The zero-order chi connectivity index (χ0) is 15.6. The van der Waals surface area contributed by atoms with Crippen LogP contribution in [0.5, 0.6) is 5.75 Å². The lowest BCUT2D eigenvalue weighted by atomic mass is 10.1. The molecule has 0 atom stereocenters. The number of phenols is 1. The minimum absolute atomic E-state index is 0.0346.